The summed E-state index contributed by atoms with van der Waals surface area (Å²) in [5.74, 6) is 1.73. The molecule has 1 aromatic carbocycles. The van der Waals surface area contributed by atoms with E-state index in [0.29, 0.717) is 17.0 Å². The molecule has 1 N–H and O–H groups in total. The molecule has 1 aromatic rings. The summed E-state index contributed by atoms with van der Waals surface area (Å²) in [5, 5.41) is 15.1. The molecule has 0 aliphatic heterocycles. The first-order valence-corrected chi connectivity index (χ1v) is 8.05. The number of amides is 1. The van der Waals surface area contributed by atoms with Gasteiger partial charge < -0.3 is 0 Å². The molecule has 0 unspecified atom stereocenters. The van der Waals surface area contributed by atoms with Gasteiger partial charge in [-0.3, -0.25) is 14.9 Å². The van der Waals surface area contributed by atoms with Gasteiger partial charge in [0.25, 0.3) is 11.6 Å². The smallest absolute Gasteiger partial charge is 0.267 e. The summed E-state index contributed by atoms with van der Waals surface area (Å²) < 4.78 is 0. The quantitative estimate of drug-likeness (QED) is 0.524. The number of fused-ring (bicyclic) bond motifs is 2. The highest BCUT2D eigenvalue weighted by molar-refractivity contribution is 5.96. The summed E-state index contributed by atoms with van der Waals surface area (Å²) in [6.45, 7) is 3.60. The second kappa shape index (κ2) is 6.10. The molecule has 1 amide bonds. The zero-order chi connectivity index (χ0) is 16.6. The van der Waals surface area contributed by atoms with Crippen LogP contribution in [0.15, 0.2) is 23.3 Å². The van der Waals surface area contributed by atoms with Gasteiger partial charge in [0.05, 0.1) is 4.92 Å². The van der Waals surface area contributed by atoms with E-state index in [1.807, 2.05) is 6.92 Å². The number of aryl methyl sites for hydroxylation is 1. The minimum absolute atomic E-state index is 0.0169. The second-order valence-electron chi connectivity index (χ2n) is 6.73. The van der Waals surface area contributed by atoms with Crippen molar-refractivity contribution in [3.63, 3.8) is 0 Å². The van der Waals surface area contributed by atoms with E-state index in [1.54, 1.807) is 6.92 Å². The van der Waals surface area contributed by atoms with Crippen LogP contribution in [-0.2, 0) is 0 Å². The minimum Gasteiger partial charge on any atom is -0.267 e. The summed E-state index contributed by atoms with van der Waals surface area (Å²) >= 11 is 0. The van der Waals surface area contributed by atoms with Crippen LogP contribution in [0.5, 0.6) is 0 Å². The average Bonchev–Trinajstić information content (AvgIpc) is 3.14. The van der Waals surface area contributed by atoms with E-state index in [4.69, 9.17) is 0 Å². The molecule has 0 aromatic heterocycles. The van der Waals surface area contributed by atoms with Crippen molar-refractivity contribution in [3.05, 3.63) is 39.4 Å². The first-order valence-electron chi connectivity index (χ1n) is 8.05. The number of hydrogen-bond donors (Lipinski definition) is 1. The van der Waals surface area contributed by atoms with Crippen LogP contribution in [0, 0.1) is 34.8 Å². The van der Waals surface area contributed by atoms with Crippen molar-refractivity contribution >= 4 is 17.3 Å². The Hall–Kier alpha value is -2.24. The van der Waals surface area contributed by atoms with E-state index in [1.165, 1.54) is 43.9 Å². The van der Waals surface area contributed by atoms with E-state index in [2.05, 4.69) is 10.5 Å². The van der Waals surface area contributed by atoms with E-state index >= 15 is 0 Å². The fourth-order valence-corrected chi connectivity index (χ4v) is 4.04. The standard InChI is InChI=1S/C17H21N3O3/c1-10-7-14(5-6-16(10)20(22)23)17(21)19-18-11(2)15-9-12-3-4-13(15)8-12/h5-7,12-13,15H,3-4,8-9H2,1-2H3,(H,19,21)/b18-11+/t12-,13-,15+/m0/s1. The van der Waals surface area contributed by atoms with Crippen molar-refractivity contribution in [1.29, 1.82) is 0 Å². The van der Waals surface area contributed by atoms with E-state index in [9.17, 15) is 14.9 Å². The summed E-state index contributed by atoms with van der Waals surface area (Å²) in [6.07, 6.45) is 5.10. The Labute approximate surface area is 135 Å². The third kappa shape index (κ3) is 3.11. The SMILES string of the molecule is C/C(=N\NC(=O)c1ccc([N+](=O)[O-])c(C)c1)[C@H]1C[C@H]2CC[C@H]1C2. The average molecular weight is 315 g/mol. The number of benzene rings is 1. The molecule has 23 heavy (non-hydrogen) atoms. The van der Waals surface area contributed by atoms with Crippen LogP contribution in [0.2, 0.25) is 0 Å². The van der Waals surface area contributed by atoms with Crippen molar-refractivity contribution in [2.75, 3.05) is 0 Å². The molecule has 2 aliphatic carbocycles. The molecule has 6 heteroatoms. The number of nitro groups is 1. The first kappa shape index (κ1) is 15.6. The molecule has 2 aliphatic rings. The van der Waals surface area contributed by atoms with Crippen molar-refractivity contribution in [1.82, 2.24) is 5.43 Å². The molecule has 2 bridgehead atoms. The Morgan fingerprint density at radius 1 is 1.35 bits per heavy atom. The lowest BCUT2D eigenvalue weighted by Crippen LogP contribution is -2.24. The van der Waals surface area contributed by atoms with Crippen molar-refractivity contribution in [3.8, 4) is 0 Å². The lowest BCUT2D eigenvalue weighted by molar-refractivity contribution is -0.385. The predicted molar refractivity (Wildman–Crippen MR) is 87.3 cm³/mol. The van der Waals surface area contributed by atoms with Gasteiger partial charge in [-0.1, -0.05) is 6.42 Å². The van der Waals surface area contributed by atoms with Gasteiger partial charge in [0, 0.05) is 28.8 Å². The summed E-state index contributed by atoms with van der Waals surface area (Å²) in [5.41, 5.74) is 4.45. The predicted octanol–water partition coefficient (Wildman–Crippen LogP) is 3.45. The highest BCUT2D eigenvalue weighted by Crippen LogP contribution is 2.48. The Kier molecular flexibility index (Phi) is 4.15. The van der Waals surface area contributed by atoms with Crippen LogP contribution < -0.4 is 5.43 Å². The molecule has 3 rings (SSSR count). The Bertz CT molecular complexity index is 684. The molecule has 0 saturated heterocycles. The lowest BCUT2D eigenvalue weighted by Gasteiger charge is -2.21. The molecule has 3 atom stereocenters. The van der Waals surface area contributed by atoms with Gasteiger partial charge in [0.15, 0.2) is 0 Å². The molecule has 0 radical (unpaired) electrons. The fourth-order valence-electron chi connectivity index (χ4n) is 4.04. The largest absolute Gasteiger partial charge is 0.272 e. The number of hydrogen-bond acceptors (Lipinski definition) is 4. The Morgan fingerprint density at radius 2 is 2.13 bits per heavy atom. The van der Waals surface area contributed by atoms with Crippen molar-refractivity contribution in [2.45, 2.75) is 39.5 Å². The van der Waals surface area contributed by atoms with Crippen LogP contribution in [0.1, 0.15) is 48.5 Å². The highest BCUT2D eigenvalue weighted by atomic mass is 16.6. The highest BCUT2D eigenvalue weighted by Gasteiger charge is 2.40. The zero-order valence-electron chi connectivity index (χ0n) is 13.4. The lowest BCUT2D eigenvalue weighted by atomic mass is 9.86. The van der Waals surface area contributed by atoms with E-state index < -0.39 is 4.92 Å². The number of nitrogens with zero attached hydrogens (tertiary/aromatic N) is 2. The van der Waals surface area contributed by atoms with Crippen molar-refractivity contribution in [2.24, 2.45) is 22.9 Å². The third-order valence-corrected chi connectivity index (χ3v) is 5.26. The van der Waals surface area contributed by atoms with E-state index in [-0.39, 0.29) is 11.6 Å². The normalized spacial score (nSPS) is 26.3. The van der Waals surface area contributed by atoms with Gasteiger partial charge in [-0.15, -0.1) is 0 Å². The number of nitro benzene ring substituents is 1. The van der Waals surface area contributed by atoms with Crippen LogP contribution in [-0.4, -0.2) is 16.5 Å². The number of nitrogens with one attached hydrogen (secondary N) is 1. The van der Waals surface area contributed by atoms with Crippen LogP contribution >= 0.6 is 0 Å². The second-order valence-corrected chi connectivity index (χ2v) is 6.73. The molecule has 6 nitrogen and oxygen atoms in total. The third-order valence-electron chi connectivity index (χ3n) is 5.26. The maximum atomic E-state index is 12.2. The number of carbonyl (C=O) groups excluding carboxylic acids is 1. The summed E-state index contributed by atoms with van der Waals surface area (Å²) in [4.78, 5) is 22.5. The topological polar surface area (TPSA) is 84.6 Å². The molecule has 122 valence electrons. The maximum Gasteiger partial charge on any atom is 0.272 e. The fraction of sp³-hybridized carbons (Fsp3) is 0.529. The van der Waals surface area contributed by atoms with Gasteiger partial charge in [-0.05, 0) is 57.1 Å². The molecular formula is C17H21N3O3. The van der Waals surface area contributed by atoms with Crippen molar-refractivity contribution < 1.29 is 9.72 Å². The Balaban J connectivity index is 1.66. The monoisotopic (exact) mass is 315 g/mol. The maximum absolute atomic E-state index is 12.2. The van der Waals surface area contributed by atoms with Gasteiger partial charge >= 0.3 is 0 Å². The van der Waals surface area contributed by atoms with Crippen LogP contribution in [0.3, 0.4) is 0 Å². The number of carbonyl (C=O) groups is 1. The molecule has 2 saturated carbocycles. The van der Waals surface area contributed by atoms with Gasteiger partial charge in [-0.25, -0.2) is 5.43 Å². The minimum atomic E-state index is -0.450. The zero-order valence-corrected chi connectivity index (χ0v) is 13.4. The first-order chi connectivity index (χ1) is 11.0. The molecular weight excluding hydrogens is 294 g/mol. The van der Waals surface area contributed by atoms with E-state index in [0.717, 1.165) is 17.5 Å². The number of rotatable bonds is 4. The summed E-state index contributed by atoms with van der Waals surface area (Å²) in [7, 11) is 0. The van der Waals surface area contributed by atoms with Gasteiger partial charge in [0.2, 0.25) is 0 Å². The molecule has 2 fully saturated rings. The van der Waals surface area contributed by atoms with Gasteiger partial charge in [0.1, 0.15) is 0 Å². The Morgan fingerprint density at radius 3 is 2.70 bits per heavy atom. The molecule has 0 spiro atoms. The van der Waals surface area contributed by atoms with Gasteiger partial charge in [-0.2, -0.15) is 5.10 Å². The van der Waals surface area contributed by atoms with Crippen LogP contribution in [0.25, 0.3) is 0 Å². The van der Waals surface area contributed by atoms with Crippen LogP contribution in [0.4, 0.5) is 5.69 Å². The summed E-state index contributed by atoms with van der Waals surface area (Å²) in [6, 6.07) is 4.34. The number of hydrazone groups is 1. The molecule has 0 heterocycles.